The predicted molar refractivity (Wildman–Crippen MR) is 116 cm³/mol. The molecule has 0 bridgehead atoms. The van der Waals surface area contributed by atoms with Gasteiger partial charge in [-0.3, -0.25) is 0 Å². The van der Waals surface area contributed by atoms with Gasteiger partial charge in [0.05, 0.1) is 14.2 Å². The van der Waals surface area contributed by atoms with E-state index in [-0.39, 0.29) is 17.0 Å². The van der Waals surface area contributed by atoms with Crippen LogP contribution in [0.15, 0.2) is 78.4 Å². The van der Waals surface area contributed by atoms with Crippen molar-refractivity contribution in [2.45, 2.75) is 0 Å². The average molecular weight is 444 g/mol. The topological polar surface area (TPSA) is 102 Å². The van der Waals surface area contributed by atoms with E-state index >= 15 is 0 Å². The normalized spacial score (nSPS) is 12.3. The highest BCUT2D eigenvalue weighted by Gasteiger charge is 2.36. The summed E-state index contributed by atoms with van der Waals surface area (Å²) in [5, 5.41) is 17.2. The summed E-state index contributed by atoms with van der Waals surface area (Å²) in [5.74, 6) is -2.28. The van der Waals surface area contributed by atoms with Gasteiger partial charge in [-0.2, -0.15) is 0 Å². The molecule has 0 saturated heterocycles. The molecule has 0 atom stereocenters. The predicted octanol–water partition coefficient (Wildman–Crippen LogP) is 1.94. The third kappa shape index (κ3) is 3.71. The van der Waals surface area contributed by atoms with Crippen LogP contribution in [0.1, 0.15) is 21.6 Å². The van der Waals surface area contributed by atoms with E-state index in [1.807, 2.05) is 48.5 Å². The van der Waals surface area contributed by atoms with Crippen LogP contribution in [-0.4, -0.2) is 38.4 Å². The van der Waals surface area contributed by atoms with Gasteiger partial charge in [-0.05, 0) is 40.1 Å². The Morgan fingerprint density at radius 3 is 1.88 bits per heavy atom. The molecular formula is C25H20N2O6. The molecule has 1 aliphatic rings. The second-order valence-corrected chi connectivity index (χ2v) is 7.00. The van der Waals surface area contributed by atoms with E-state index in [0.717, 1.165) is 26.9 Å². The Kier molecular flexibility index (Phi) is 5.91. The van der Waals surface area contributed by atoms with Gasteiger partial charge in [-0.1, -0.05) is 48.5 Å². The number of carbonyl (C=O) groups excluding carboxylic acids is 2. The van der Waals surface area contributed by atoms with Crippen molar-refractivity contribution in [1.29, 1.82) is 0 Å². The summed E-state index contributed by atoms with van der Waals surface area (Å²) in [5.41, 5.74) is 3.55. The van der Waals surface area contributed by atoms with Gasteiger partial charge < -0.3 is 19.3 Å². The van der Waals surface area contributed by atoms with E-state index < -0.39 is 17.9 Å². The van der Waals surface area contributed by atoms with Crippen molar-refractivity contribution < 1.29 is 33.6 Å². The number of hydrogen-bond donors (Lipinski definition) is 0. The second-order valence-electron chi connectivity index (χ2n) is 7.00. The number of esters is 2. The molecule has 0 saturated carbocycles. The standard InChI is InChI=1S/C25H20N2O6/c1-31-23(28)19-13-8-14-27(26-19)22(25(30)33-3)21(24(29)32-2)20-17-11-6-4-9-15(17)16-10-5-7-12-18(16)20/h4-14H,1-3H3. The Morgan fingerprint density at radius 1 is 0.788 bits per heavy atom. The van der Waals surface area contributed by atoms with Crippen LogP contribution in [0.3, 0.4) is 0 Å². The summed E-state index contributed by atoms with van der Waals surface area (Å²) >= 11 is 0. The second kappa shape index (κ2) is 8.96. The van der Waals surface area contributed by atoms with Gasteiger partial charge in [-0.25, -0.2) is 9.59 Å². The fraction of sp³-hybridized carbons (Fsp3) is 0.120. The van der Waals surface area contributed by atoms with Crippen LogP contribution in [0.25, 0.3) is 22.4 Å². The fourth-order valence-corrected chi connectivity index (χ4v) is 3.85. The van der Waals surface area contributed by atoms with E-state index in [4.69, 9.17) is 14.2 Å². The van der Waals surface area contributed by atoms with Crippen LogP contribution in [0.4, 0.5) is 0 Å². The molecule has 33 heavy (non-hydrogen) atoms. The molecule has 0 fully saturated rings. The van der Waals surface area contributed by atoms with Crippen molar-refractivity contribution in [3.05, 3.63) is 95.2 Å². The van der Waals surface area contributed by atoms with Crippen LogP contribution >= 0.6 is 0 Å². The first-order valence-electron chi connectivity index (χ1n) is 9.96. The minimum absolute atomic E-state index is 0.0405. The highest BCUT2D eigenvalue weighted by Crippen LogP contribution is 2.46. The zero-order chi connectivity index (χ0) is 23.5. The Balaban J connectivity index is 2.10. The van der Waals surface area contributed by atoms with Crippen LogP contribution in [0.2, 0.25) is 0 Å². The minimum Gasteiger partial charge on any atom is -0.612 e. The maximum absolute atomic E-state index is 13.2. The highest BCUT2D eigenvalue weighted by molar-refractivity contribution is 6.16. The molecule has 166 valence electrons. The Morgan fingerprint density at radius 2 is 1.36 bits per heavy atom. The number of benzene rings is 2. The number of carbonyl (C=O) groups is 2. The lowest BCUT2D eigenvalue weighted by Crippen LogP contribution is -2.43. The molecule has 1 heterocycles. The number of aromatic nitrogens is 2. The van der Waals surface area contributed by atoms with E-state index in [1.54, 1.807) is 0 Å². The number of fused-ring (bicyclic) bond motifs is 3. The van der Waals surface area contributed by atoms with Crippen LogP contribution in [0.5, 0.6) is 0 Å². The molecule has 1 aliphatic carbocycles. The van der Waals surface area contributed by atoms with Crippen molar-refractivity contribution in [3.8, 4) is 11.1 Å². The summed E-state index contributed by atoms with van der Waals surface area (Å²) in [6, 6.07) is 18.1. The molecule has 8 nitrogen and oxygen atoms in total. The largest absolute Gasteiger partial charge is 0.612 e. The summed E-state index contributed by atoms with van der Waals surface area (Å²) in [4.78, 5) is 25.2. The summed E-state index contributed by atoms with van der Waals surface area (Å²) in [6.07, 6.45) is 1.44. The fourth-order valence-electron chi connectivity index (χ4n) is 3.85. The Labute approximate surface area is 190 Å². The lowest BCUT2D eigenvalue weighted by molar-refractivity contribution is -0.650. The number of methoxy groups -OCH3 is 3. The average Bonchev–Trinajstić information content (AvgIpc) is 3.20. The smallest absolute Gasteiger partial charge is 0.362 e. The van der Waals surface area contributed by atoms with Gasteiger partial charge in [-0.15, -0.1) is 0 Å². The van der Waals surface area contributed by atoms with Gasteiger partial charge in [0.1, 0.15) is 11.5 Å². The SMILES string of the molecule is COC(=O)C(=C1c2ccccc2-c2ccccc21)/C(=C(\[O-])OC)[n+]1cccc(C(=O)OC)n1. The number of rotatable bonds is 5. The lowest BCUT2D eigenvalue weighted by Gasteiger charge is -2.15. The van der Waals surface area contributed by atoms with Gasteiger partial charge in [0.15, 0.2) is 0 Å². The van der Waals surface area contributed by atoms with E-state index in [2.05, 4.69) is 5.10 Å². The van der Waals surface area contributed by atoms with Crippen molar-refractivity contribution in [3.63, 3.8) is 0 Å². The van der Waals surface area contributed by atoms with Crippen molar-refractivity contribution >= 4 is 23.2 Å². The molecule has 0 N–H and O–H groups in total. The first-order valence-corrected chi connectivity index (χ1v) is 9.96. The van der Waals surface area contributed by atoms with E-state index in [1.165, 1.54) is 39.7 Å². The quantitative estimate of drug-likeness (QED) is 0.201. The molecule has 4 rings (SSSR count). The third-order valence-electron chi connectivity index (χ3n) is 5.26. The van der Waals surface area contributed by atoms with Gasteiger partial charge >= 0.3 is 11.9 Å². The number of ether oxygens (including phenoxy) is 3. The molecule has 1 aromatic heterocycles. The van der Waals surface area contributed by atoms with Crippen molar-refractivity contribution in [1.82, 2.24) is 5.10 Å². The van der Waals surface area contributed by atoms with E-state index in [0.29, 0.717) is 5.57 Å². The van der Waals surface area contributed by atoms with Gasteiger partial charge in [0, 0.05) is 16.7 Å². The maximum Gasteiger partial charge on any atom is 0.362 e. The first-order chi connectivity index (χ1) is 16.0. The van der Waals surface area contributed by atoms with Crippen molar-refractivity contribution in [2.75, 3.05) is 21.3 Å². The lowest BCUT2D eigenvalue weighted by atomic mass is 9.96. The first kappa shape index (κ1) is 21.8. The molecule has 8 heteroatoms. The number of hydrogen-bond acceptors (Lipinski definition) is 7. The Bertz CT molecular complexity index is 1280. The highest BCUT2D eigenvalue weighted by atomic mass is 16.6. The molecule has 0 amide bonds. The summed E-state index contributed by atoms with van der Waals surface area (Å²) in [7, 11) is 3.65. The monoisotopic (exact) mass is 444 g/mol. The van der Waals surface area contributed by atoms with Gasteiger partial charge in [0.25, 0.3) is 5.70 Å². The molecule has 0 spiro atoms. The summed E-state index contributed by atoms with van der Waals surface area (Å²) < 4.78 is 16.0. The third-order valence-corrected chi connectivity index (χ3v) is 5.26. The van der Waals surface area contributed by atoms with E-state index in [9.17, 15) is 14.7 Å². The molecule has 0 aliphatic heterocycles. The molecule has 2 aromatic carbocycles. The molecular weight excluding hydrogens is 424 g/mol. The number of nitrogens with zero attached hydrogens (tertiary/aromatic N) is 2. The molecule has 3 aromatic rings. The maximum atomic E-state index is 13.2. The zero-order valence-electron chi connectivity index (χ0n) is 18.2. The van der Waals surface area contributed by atoms with Crippen LogP contribution < -0.4 is 9.79 Å². The molecule has 0 radical (unpaired) electrons. The van der Waals surface area contributed by atoms with Crippen LogP contribution in [-0.2, 0) is 19.0 Å². The Hall–Kier alpha value is -4.46. The minimum atomic E-state index is -0.829. The zero-order valence-corrected chi connectivity index (χ0v) is 18.2. The summed E-state index contributed by atoms with van der Waals surface area (Å²) in [6.45, 7) is 0. The molecule has 0 unspecified atom stereocenters. The van der Waals surface area contributed by atoms with Gasteiger partial charge in [0.2, 0.25) is 11.9 Å². The van der Waals surface area contributed by atoms with Crippen LogP contribution in [0, 0.1) is 0 Å². The van der Waals surface area contributed by atoms with Crippen molar-refractivity contribution in [2.24, 2.45) is 0 Å².